The van der Waals surface area contributed by atoms with E-state index in [1.165, 1.54) is 6.92 Å². The van der Waals surface area contributed by atoms with Gasteiger partial charge in [0.2, 0.25) is 0 Å². The predicted molar refractivity (Wildman–Crippen MR) is 103 cm³/mol. The third kappa shape index (κ3) is 5.74. The van der Waals surface area contributed by atoms with Crippen molar-refractivity contribution in [1.82, 2.24) is 5.32 Å². The molecule has 136 valence electrons. The molecular weight excluding hydrogens is 350 g/mol. The van der Waals surface area contributed by atoms with E-state index in [9.17, 15) is 14.4 Å². The molecular formula is C20H21NO4S. The highest BCUT2D eigenvalue weighted by Gasteiger charge is 2.23. The van der Waals surface area contributed by atoms with Crippen LogP contribution in [0.15, 0.2) is 54.6 Å². The molecule has 0 bridgehead atoms. The molecule has 6 heteroatoms. The topological polar surface area (TPSA) is 72.5 Å². The fraction of sp³-hybridized carbons (Fsp3) is 0.250. The SMILES string of the molecule is CSCC[C@@H](NC(=O)c1ccccc1)C(=O)Oc1ccc(C(C)=O)cc1. The normalized spacial score (nSPS) is 11.5. The molecule has 0 saturated heterocycles. The Hall–Kier alpha value is -2.60. The van der Waals surface area contributed by atoms with Gasteiger partial charge in [0, 0.05) is 11.1 Å². The number of ether oxygens (including phenoxy) is 1. The van der Waals surface area contributed by atoms with E-state index >= 15 is 0 Å². The number of ketones is 1. The second-order valence-corrected chi connectivity index (χ2v) is 6.66. The minimum absolute atomic E-state index is 0.0594. The van der Waals surface area contributed by atoms with Crippen molar-refractivity contribution >= 4 is 29.4 Å². The summed E-state index contributed by atoms with van der Waals surface area (Å²) in [4.78, 5) is 36.1. The van der Waals surface area contributed by atoms with Crippen LogP contribution in [0.5, 0.6) is 5.75 Å². The number of Topliss-reactive ketones (excluding diaryl/α,β-unsaturated/α-hetero) is 1. The number of thioether (sulfide) groups is 1. The molecule has 0 aliphatic carbocycles. The molecule has 0 fully saturated rings. The molecule has 2 aromatic carbocycles. The van der Waals surface area contributed by atoms with E-state index in [4.69, 9.17) is 4.74 Å². The maximum absolute atomic E-state index is 12.5. The zero-order valence-corrected chi connectivity index (χ0v) is 15.5. The Morgan fingerprint density at radius 3 is 2.23 bits per heavy atom. The van der Waals surface area contributed by atoms with Crippen LogP contribution in [0, 0.1) is 0 Å². The lowest BCUT2D eigenvalue weighted by atomic mass is 10.1. The van der Waals surface area contributed by atoms with Crippen molar-refractivity contribution in [1.29, 1.82) is 0 Å². The minimum atomic E-state index is -0.748. The van der Waals surface area contributed by atoms with Crippen LogP contribution in [-0.4, -0.2) is 35.7 Å². The number of benzene rings is 2. The number of rotatable bonds is 8. The van der Waals surface area contributed by atoms with Gasteiger partial charge in [0.15, 0.2) is 5.78 Å². The van der Waals surface area contributed by atoms with E-state index in [2.05, 4.69) is 5.32 Å². The number of carbonyl (C=O) groups excluding carboxylic acids is 3. The molecule has 0 radical (unpaired) electrons. The third-order valence-corrected chi connectivity index (χ3v) is 4.36. The van der Waals surface area contributed by atoms with Gasteiger partial charge in [-0.2, -0.15) is 11.8 Å². The van der Waals surface area contributed by atoms with Crippen molar-refractivity contribution in [3.8, 4) is 5.75 Å². The first kappa shape index (κ1) is 19.7. The van der Waals surface area contributed by atoms with Crippen LogP contribution >= 0.6 is 11.8 Å². The molecule has 5 nitrogen and oxygen atoms in total. The van der Waals surface area contributed by atoms with Crippen LogP contribution in [0.1, 0.15) is 34.1 Å². The minimum Gasteiger partial charge on any atom is -0.425 e. The zero-order valence-electron chi connectivity index (χ0n) is 14.7. The molecule has 1 N–H and O–H groups in total. The summed E-state index contributed by atoms with van der Waals surface area (Å²) in [5.41, 5.74) is 1.03. The Balaban J connectivity index is 2.06. The first-order chi connectivity index (χ1) is 12.5. The fourth-order valence-electron chi connectivity index (χ4n) is 2.26. The average molecular weight is 371 g/mol. The number of carbonyl (C=O) groups is 3. The summed E-state index contributed by atoms with van der Waals surface area (Å²) in [6, 6.07) is 14.3. The van der Waals surface area contributed by atoms with Crippen LogP contribution in [-0.2, 0) is 4.79 Å². The van der Waals surface area contributed by atoms with Crippen molar-refractivity contribution in [2.75, 3.05) is 12.0 Å². The Labute approximate surface area is 157 Å². The molecule has 0 unspecified atom stereocenters. The highest BCUT2D eigenvalue weighted by molar-refractivity contribution is 7.98. The molecule has 1 amide bonds. The summed E-state index contributed by atoms with van der Waals surface area (Å²) < 4.78 is 5.37. The van der Waals surface area contributed by atoms with Crippen molar-refractivity contribution in [2.24, 2.45) is 0 Å². The molecule has 0 aromatic heterocycles. The third-order valence-electron chi connectivity index (χ3n) is 3.72. The van der Waals surface area contributed by atoms with Crippen LogP contribution in [0.2, 0.25) is 0 Å². The van der Waals surface area contributed by atoms with E-state index in [1.54, 1.807) is 60.3 Å². The van der Waals surface area contributed by atoms with Gasteiger partial charge < -0.3 is 10.1 Å². The maximum atomic E-state index is 12.5. The van der Waals surface area contributed by atoms with Gasteiger partial charge in [-0.1, -0.05) is 18.2 Å². The zero-order chi connectivity index (χ0) is 18.9. The van der Waals surface area contributed by atoms with Gasteiger partial charge in [-0.15, -0.1) is 0 Å². The summed E-state index contributed by atoms with van der Waals surface area (Å²) in [6.45, 7) is 1.47. The average Bonchev–Trinajstić information content (AvgIpc) is 2.66. The second kappa shape index (κ2) is 9.77. The highest BCUT2D eigenvalue weighted by atomic mass is 32.2. The first-order valence-electron chi connectivity index (χ1n) is 8.19. The molecule has 2 aromatic rings. The van der Waals surface area contributed by atoms with E-state index in [0.717, 1.165) is 0 Å². The summed E-state index contributed by atoms with van der Waals surface area (Å²) in [5.74, 6) is 0.136. The lowest BCUT2D eigenvalue weighted by Crippen LogP contribution is -2.43. The van der Waals surface area contributed by atoms with Gasteiger partial charge in [0.05, 0.1) is 0 Å². The highest BCUT2D eigenvalue weighted by Crippen LogP contribution is 2.14. The number of hydrogen-bond donors (Lipinski definition) is 1. The largest absolute Gasteiger partial charge is 0.425 e. The quantitative estimate of drug-likeness (QED) is 0.438. The molecule has 0 heterocycles. The molecule has 0 aliphatic heterocycles. The molecule has 0 spiro atoms. The van der Waals surface area contributed by atoms with E-state index in [1.807, 2.05) is 12.3 Å². The van der Waals surface area contributed by atoms with Crippen molar-refractivity contribution < 1.29 is 19.1 Å². The van der Waals surface area contributed by atoms with Crippen molar-refractivity contribution in [2.45, 2.75) is 19.4 Å². The van der Waals surface area contributed by atoms with Crippen LogP contribution < -0.4 is 10.1 Å². The first-order valence-corrected chi connectivity index (χ1v) is 9.58. The van der Waals surface area contributed by atoms with Crippen LogP contribution in [0.25, 0.3) is 0 Å². The maximum Gasteiger partial charge on any atom is 0.334 e. The molecule has 0 aliphatic rings. The smallest absolute Gasteiger partial charge is 0.334 e. The molecule has 1 atom stereocenters. The van der Waals surface area contributed by atoms with Gasteiger partial charge in [0.1, 0.15) is 11.8 Å². The molecule has 0 saturated carbocycles. The summed E-state index contributed by atoms with van der Waals surface area (Å²) in [5, 5.41) is 2.74. The summed E-state index contributed by atoms with van der Waals surface area (Å²) >= 11 is 1.59. The van der Waals surface area contributed by atoms with Gasteiger partial charge in [-0.3, -0.25) is 9.59 Å². The second-order valence-electron chi connectivity index (χ2n) is 5.68. The van der Waals surface area contributed by atoms with Gasteiger partial charge in [-0.05, 0) is 61.8 Å². The lowest BCUT2D eigenvalue weighted by Gasteiger charge is -2.17. The van der Waals surface area contributed by atoms with Crippen LogP contribution in [0.3, 0.4) is 0 Å². The van der Waals surface area contributed by atoms with Gasteiger partial charge in [0.25, 0.3) is 5.91 Å². The summed E-state index contributed by atoms with van der Waals surface area (Å²) in [7, 11) is 0. The van der Waals surface area contributed by atoms with Gasteiger partial charge in [-0.25, -0.2) is 4.79 Å². The number of amides is 1. The monoisotopic (exact) mass is 371 g/mol. The fourth-order valence-corrected chi connectivity index (χ4v) is 2.73. The predicted octanol–water partition coefficient (Wildman–Crippen LogP) is 3.35. The van der Waals surface area contributed by atoms with E-state index in [0.29, 0.717) is 29.1 Å². The number of esters is 1. The Bertz CT molecular complexity index is 759. The number of hydrogen-bond acceptors (Lipinski definition) is 5. The number of nitrogens with one attached hydrogen (secondary N) is 1. The summed E-state index contributed by atoms with van der Waals surface area (Å²) in [6.07, 6.45) is 2.39. The van der Waals surface area contributed by atoms with Crippen molar-refractivity contribution in [3.63, 3.8) is 0 Å². The Morgan fingerprint density at radius 1 is 1.00 bits per heavy atom. The van der Waals surface area contributed by atoms with E-state index in [-0.39, 0.29) is 11.7 Å². The Morgan fingerprint density at radius 2 is 1.65 bits per heavy atom. The molecule has 26 heavy (non-hydrogen) atoms. The Kier molecular flexibility index (Phi) is 7.41. The van der Waals surface area contributed by atoms with E-state index < -0.39 is 12.0 Å². The van der Waals surface area contributed by atoms with Crippen molar-refractivity contribution in [3.05, 3.63) is 65.7 Å². The molecule has 2 rings (SSSR count). The van der Waals surface area contributed by atoms with Crippen LogP contribution in [0.4, 0.5) is 0 Å². The van der Waals surface area contributed by atoms with Gasteiger partial charge >= 0.3 is 5.97 Å². The standard InChI is InChI=1S/C20H21NO4S/c1-14(22)15-8-10-17(11-9-15)25-20(24)18(12-13-26-2)21-19(23)16-6-4-3-5-7-16/h3-11,18H,12-13H2,1-2H3,(H,21,23)/t18-/m1/s1. The lowest BCUT2D eigenvalue weighted by molar-refractivity contribution is -0.136.